The first-order valence-corrected chi connectivity index (χ1v) is 18.7. The van der Waals surface area contributed by atoms with Crippen LogP contribution in [0.5, 0.6) is 0 Å². The molecule has 0 unspecified atom stereocenters. The first-order valence-electron chi connectivity index (χ1n) is 17.1. The van der Waals surface area contributed by atoms with E-state index in [1.807, 2.05) is 11.5 Å². The molecule has 0 saturated carbocycles. The number of aryl methyl sites for hydroxylation is 1. The molecule has 6 nitrogen and oxygen atoms in total. The van der Waals surface area contributed by atoms with Crippen LogP contribution in [-0.4, -0.2) is 57.4 Å². The largest absolute Gasteiger partial charge is 0.331 e. The van der Waals surface area contributed by atoms with E-state index in [0.29, 0.717) is 13.1 Å². The molecule has 0 atom stereocenters. The maximum absolute atomic E-state index is 13.4. The summed E-state index contributed by atoms with van der Waals surface area (Å²) in [6, 6.07) is 18.7. The minimum atomic E-state index is -0.171. The molecule has 248 valence electrons. The SMILES string of the molecule is CC[N+](CC)(CCCCCn1c(C)cc(=O)n(CCCCC[N+](CC)(CC)Cc2ccccc2Br)c1=O)Cc1ccccc1Br. The molecule has 8 heteroatoms. The van der Waals surface area contributed by atoms with E-state index >= 15 is 0 Å². The number of rotatable bonds is 20. The van der Waals surface area contributed by atoms with Gasteiger partial charge in [0, 0.05) is 44.9 Å². The first kappa shape index (κ1) is 37.5. The highest BCUT2D eigenvalue weighted by Gasteiger charge is 2.25. The summed E-state index contributed by atoms with van der Waals surface area (Å²) in [5, 5.41) is 0. The molecule has 0 spiro atoms. The summed E-state index contributed by atoms with van der Waals surface area (Å²) in [6.45, 7) is 20.8. The van der Waals surface area contributed by atoms with Crippen molar-refractivity contribution in [2.24, 2.45) is 0 Å². The fourth-order valence-corrected chi connectivity index (χ4v) is 7.47. The van der Waals surface area contributed by atoms with Crippen LogP contribution in [0, 0.1) is 6.92 Å². The molecule has 0 saturated heterocycles. The topological polar surface area (TPSA) is 44.0 Å². The van der Waals surface area contributed by atoms with Crippen LogP contribution in [0.25, 0.3) is 0 Å². The van der Waals surface area contributed by atoms with Gasteiger partial charge in [0.05, 0.1) is 39.3 Å². The lowest BCUT2D eigenvalue weighted by atomic mass is 10.1. The fraction of sp³-hybridized carbons (Fsp3) is 0.568. The molecule has 0 radical (unpaired) electrons. The Morgan fingerprint density at radius 2 is 1.02 bits per heavy atom. The maximum Gasteiger partial charge on any atom is 0.331 e. The molecule has 0 fully saturated rings. The van der Waals surface area contributed by atoms with Crippen LogP contribution in [0.3, 0.4) is 0 Å². The number of benzene rings is 2. The smallest absolute Gasteiger partial charge is 0.320 e. The van der Waals surface area contributed by atoms with Gasteiger partial charge in [0.2, 0.25) is 0 Å². The summed E-state index contributed by atoms with van der Waals surface area (Å²) < 4.78 is 7.74. The van der Waals surface area contributed by atoms with Crippen LogP contribution >= 0.6 is 31.9 Å². The van der Waals surface area contributed by atoms with Gasteiger partial charge in [0.1, 0.15) is 13.1 Å². The molecule has 1 heterocycles. The van der Waals surface area contributed by atoms with Crippen molar-refractivity contribution < 1.29 is 8.97 Å². The second kappa shape index (κ2) is 18.4. The summed E-state index contributed by atoms with van der Waals surface area (Å²) in [5.74, 6) is 0. The van der Waals surface area contributed by atoms with Gasteiger partial charge in [-0.15, -0.1) is 0 Å². The standard InChI is InChI=1S/C37H56Br2N4O2/c1-6-42(7-2,29-32-20-12-14-22-34(32)38)26-18-10-16-24-40-31(5)28-36(44)41(37(40)45)25-17-11-19-27-43(8-3,9-4)30-33-21-13-15-23-35(33)39/h12-15,20-23,28H,6-11,16-19,24-27,29-30H2,1-5H3/q+2. The predicted octanol–water partition coefficient (Wildman–Crippen LogP) is 8.30. The van der Waals surface area contributed by atoms with Crippen molar-refractivity contribution in [3.8, 4) is 0 Å². The maximum atomic E-state index is 13.4. The van der Waals surface area contributed by atoms with Crippen LogP contribution in [0.15, 0.2) is 73.1 Å². The van der Waals surface area contributed by atoms with Crippen molar-refractivity contribution in [3.63, 3.8) is 0 Å². The van der Waals surface area contributed by atoms with Gasteiger partial charge in [-0.05, 0) is 85.3 Å². The normalized spacial score (nSPS) is 12.2. The minimum Gasteiger partial charge on any atom is -0.320 e. The Morgan fingerprint density at radius 1 is 0.600 bits per heavy atom. The van der Waals surface area contributed by atoms with Crippen molar-refractivity contribution >= 4 is 31.9 Å². The summed E-state index contributed by atoms with van der Waals surface area (Å²) in [5.41, 5.74) is 3.16. The van der Waals surface area contributed by atoms with E-state index in [1.54, 1.807) is 6.07 Å². The Bertz CT molecular complexity index is 1460. The van der Waals surface area contributed by atoms with E-state index in [-0.39, 0.29) is 11.2 Å². The predicted molar refractivity (Wildman–Crippen MR) is 196 cm³/mol. The monoisotopic (exact) mass is 746 g/mol. The highest BCUT2D eigenvalue weighted by molar-refractivity contribution is 9.10. The number of hydrogen-bond donors (Lipinski definition) is 0. The van der Waals surface area contributed by atoms with Gasteiger partial charge in [0.15, 0.2) is 0 Å². The number of aromatic nitrogens is 2. The molecule has 0 bridgehead atoms. The van der Waals surface area contributed by atoms with Crippen LogP contribution in [0.4, 0.5) is 0 Å². The lowest BCUT2D eigenvalue weighted by molar-refractivity contribution is -0.938. The third kappa shape index (κ3) is 10.5. The molecule has 0 aliphatic carbocycles. The summed E-state index contributed by atoms with van der Waals surface area (Å²) in [4.78, 5) is 26.3. The Kier molecular flexibility index (Phi) is 15.3. The Hall–Kier alpha value is -2.00. The van der Waals surface area contributed by atoms with Crippen LogP contribution in [-0.2, 0) is 26.2 Å². The van der Waals surface area contributed by atoms with Crippen molar-refractivity contribution in [1.82, 2.24) is 9.13 Å². The number of nitrogens with zero attached hydrogens (tertiary/aromatic N) is 4. The molecule has 45 heavy (non-hydrogen) atoms. The van der Waals surface area contributed by atoms with Gasteiger partial charge >= 0.3 is 5.69 Å². The van der Waals surface area contributed by atoms with Gasteiger partial charge in [-0.2, -0.15) is 0 Å². The molecule has 0 amide bonds. The van der Waals surface area contributed by atoms with Crippen molar-refractivity contribution in [2.45, 2.75) is 99.3 Å². The number of unbranched alkanes of at least 4 members (excludes halogenated alkanes) is 4. The van der Waals surface area contributed by atoms with E-state index in [9.17, 15) is 9.59 Å². The summed E-state index contributed by atoms with van der Waals surface area (Å²) in [7, 11) is 0. The molecule has 0 aliphatic rings. The van der Waals surface area contributed by atoms with E-state index in [0.717, 1.165) is 106 Å². The zero-order chi connectivity index (χ0) is 32.9. The van der Waals surface area contributed by atoms with Crippen molar-refractivity contribution in [3.05, 3.63) is 101 Å². The summed E-state index contributed by atoms with van der Waals surface area (Å²) >= 11 is 7.46. The van der Waals surface area contributed by atoms with Gasteiger partial charge < -0.3 is 8.97 Å². The van der Waals surface area contributed by atoms with E-state index in [4.69, 9.17) is 0 Å². The molecule has 0 aliphatic heterocycles. The quantitative estimate of drug-likeness (QED) is 0.0863. The molecule has 3 aromatic rings. The zero-order valence-corrected chi connectivity index (χ0v) is 31.5. The van der Waals surface area contributed by atoms with E-state index in [1.165, 1.54) is 24.6 Å². The Labute approximate surface area is 288 Å². The molecule has 1 aromatic heterocycles. The van der Waals surface area contributed by atoms with Gasteiger partial charge in [-0.25, -0.2) is 4.79 Å². The number of quaternary nitrogens is 2. The lowest BCUT2D eigenvalue weighted by Crippen LogP contribution is -2.47. The second-order valence-electron chi connectivity index (χ2n) is 12.7. The highest BCUT2D eigenvalue weighted by Crippen LogP contribution is 2.24. The Balaban J connectivity index is 1.52. The molecule has 0 N–H and O–H groups in total. The fourth-order valence-electron chi connectivity index (χ4n) is 6.65. The number of hydrogen-bond acceptors (Lipinski definition) is 2. The minimum absolute atomic E-state index is 0.151. The average Bonchev–Trinajstić information content (AvgIpc) is 3.04. The van der Waals surface area contributed by atoms with E-state index in [2.05, 4.69) is 108 Å². The Morgan fingerprint density at radius 3 is 1.44 bits per heavy atom. The number of halogens is 2. The molecule has 3 rings (SSSR count). The molecular formula is C37H56Br2N4O2+2. The average molecular weight is 749 g/mol. The third-order valence-corrected chi connectivity index (χ3v) is 11.7. The van der Waals surface area contributed by atoms with Crippen molar-refractivity contribution in [2.75, 3.05) is 39.3 Å². The van der Waals surface area contributed by atoms with Crippen molar-refractivity contribution in [1.29, 1.82) is 0 Å². The molecule has 2 aromatic carbocycles. The van der Waals surface area contributed by atoms with Crippen LogP contribution < -0.4 is 11.2 Å². The first-order chi connectivity index (χ1) is 21.6. The highest BCUT2D eigenvalue weighted by atomic mass is 79.9. The van der Waals surface area contributed by atoms with E-state index < -0.39 is 0 Å². The lowest BCUT2D eigenvalue weighted by Gasteiger charge is -2.37. The van der Waals surface area contributed by atoms with Crippen LogP contribution in [0.1, 0.15) is 83.0 Å². The second-order valence-corrected chi connectivity index (χ2v) is 14.4. The van der Waals surface area contributed by atoms with Gasteiger partial charge in [-0.1, -0.05) is 68.3 Å². The zero-order valence-electron chi connectivity index (χ0n) is 28.4. The molecular weight excluding hydrogens is 692 g/mol. The van der Waals surface area contributed by atoms with Crippen LogP contribution in [0.2, 0.25) is 0 Å². The van der Waals surface area contributed by atoms with Gasteiger partial charge in [0.25, 0.3) is 5.56 Å². The van der Waals surface area contributed by atoms with Gasteiger partial charge in [-0.3, -0.25) is 13.9 Å². The third-order valence-electron chi connectivity index (χ3n) is 10.1. The summed E-state index contributed by atoms with van der Waals surface area (Å²) in [6.07, 6.45) is 6.05.